The van der Waals surface area contributed by atoms with E-state index in [9.17, 15) is 0 Å². The molecule has 0 aromatic heterocycles. The van der Waals surface area contributed by atoms with Crippen LogP contribution in [0.2, 0.25) is 0 Å². The first-order chi connectivity index (χ1) is 12.4. The number of benzene rings is 2. The first-order valence-electron chi connectivity index (χ1n) is 9.90. The number of nitrogens with zero attached hydrogens (tertiary/aromatic N) is 1. The molecule has 0 radical (unpaired) electrons. The normalized spacial score (nSPS) is 21.4. The van der Waals surface area contributed by atoms with Gasteiger partial charge < -0.3 is 10.2 Å². The van der Waals surface area contributed by atoms with E-state index in [1.165, 1.54) is 63.0 Å². The Labute approximate surface area is 152 Å². The Morgan fingerprint density at radius 2 is 1.60 bits per heavy atom. The predicted molar refractivity (Wildman–Crippen MR) is 106 cm³/mol. The number of aryl methyl sites for hydroxylation is 1. The van der Waals surface area contributed by atoms with Gasteiger partial charge in [-0.3, -0.25) is 0 Å². The lowest BCUT2D eigenvalue weighted by atomic mass is 9.90. The van der Waals surface area contributed by atoms with Gasteiger partial charge in [0, 0.05) is 18.8 Å². The highest BCUT2D eigenvalue weighted by Gasteiger charge is 2.54. The molecule has 1 saturated heterocycles. The van der Waals surface area contributed by atoms with E-state index in [1.807, 2.05) is 0 Å². The van der Waals surface area contributed by atoms with Gasteiger partial charge in [-0.25, -0.2) is 0 Å². The van der Waals surface area contributed by atoms with Crippen LogP contribution in [0.5, 0.6) is 0 Å². The minimum absolute atomic E-state index is 0.664. The highest BCUT2D eigenvalue weighted by Crippen LogP contribution is 2.59. The highest BCUT2D eigenvalue weighted by atomic mass is 15.1. The molecule has 2 aromatic rings. The Balaban J connectivity index is 1.14. The van der Waals surface area contributed by atoms with Crippen LogP contribution in [0.15, 0.2) is 60.7 Å². The third-order valence-electron chi connectivity index (χ3n) is 6.29. The number of hydrogen-bond acceptors (Lipinski definition) is 2. The summed E-state index contributed by atoms with van der Waals surface area (Å²) in [5.41, 5.74) is 3.52. The van der Waals surface area contributed by atoms with E-state index in [2.05, 4.69) is 70.9 Å². The number of anilines is 1. The fourth-order valence-electron chi connectivity index (χ4n) is 4.52. The van der Waals surface area contributed by atoms with E-state index in [1.54, 1.807) is 0 Å². The Hall–Kier alpha value is -1.80. The molecule has 4 rings (SSSR count). The molecule has 2 heteroatoms. The molecule has 1 aliphatic carbocycles. The van der Waals surface area contributed by atoms with Gasteiger partial charge in [0.05, 0.1) is 0 Å². The van der Waals surface area contributed by atoms with Gasteiger partial charge in [-0.15, -0.1) is 0 Å². The zero-order valence-electron chi connectivity index (χ0n) is 15.2. The Kier molecular flexibility index (Phi) is 5.07. The zero-order valence-corrected chi connectivity index (χ0v) is 15.2. The molecule has 2 aromatic carbocycles. The van der Waals surface area contributed by atoms with Crippen LogP contribution in [-0.2, 0) is 6.42 Å². The molecule has 1 heterocycles. The topological polar surface area (TPSA) is 15.3 Å². The summed E-state index contributed by atoms with van der Waals surface area (Å²) in [6.45, 7) is 4.83. The molecule has 1 spiro atoms. The van der Waals surface area contributed by atoms with Crippen LogP contribution >= 0.6 is 0 Å². The largest absolute Gasteiger partial charge is 0.371 e. The van der Waals surface area contributed by atoms with Crippen molar-refractivity contribution in [1.82, 2.24) is 5.32 Å². The molecule has 2 nitrogen and oxygen atoms in total. The van der Waals surface area contributed by atoms with E-state index in [-0.39, 0.29) is 0 Å². The number of piperidine rings is 1. The molecule has 0 amide bonds. The molecule has 1 saturated carbocycles. The summed E-state index contributed by atoms with van der Waals surface area (Å²) >= 11 is 0. The van der Waals surface area contributed by atoms with Crippen LogP contribution in [0.1, 0.15) is 31.2 Å². The van der Waals surface area contributed by atoms with Crippen molar-refractivity contribution in [1.29, 1.82) is 0 Å². The maximum atomic E-state index is 3.72. The van der Waals surface area contributed by atoms with Crippen molar-refractivity contribution < 1.29 is 0 Å². The summed E-state index contributed by atoms with van der Waals surface area (Å²) in [4.78, 5) is 2.56. The summed E-state index contributed by atoms with van der Waals surface area (Å²) in [7, 11) is 0. The summed E-state index contributed by atoms with van der Waals surface area (Å²) < 4.78 is 0. The minimum atomic E-state index is 0.664. The van der Waals surface area contributed by atoms with Crippen molar-refractivity contribution in [2.75, 3.05) is 31.1 Å². The fraction of sp³-hybridized carbons (Fsp3) is 0.478. The molecule has 132 valence electrons. The maximum absolute atomic E-state index is 3.72. The third kappa shape index (κ3) is 4.07. The lowest BCUT2D eigenvalue weighted by Crippen LogP contribution is -2.36. The molecule has 1 atom stereocenters. The minimum Gasteiger partial charge on any atom is -0.371 e. The maximum Gasteiger partial charge on any atom is 0.0366 e. The lowest BCUT2D eigenvalue weighted by molar-refractivity contribution is 0.343. The van der Waals surface area contributed by atoms with Crippen molar-refractivity contribution in [2.45, 2.75) is 32.1 Å². The average molecular weight is 335 g/mol. The summed E-state index contributed by atoms with van der Waals surface area (Å²) in [6, 6.07) is 21.7. The van der Waals surface area contributed by atoms with Crippen molar-refractivity contribution in [2.24, 2.45) is 11.3 Å². The second-order valence-corrected chi connectivity index (χ2v) is 7.88. The van der Waals surface area contributed by atoms with Crippen LogP contribution < -0.4 is 10.2 Å². The lowest BCUT2D eigenvalue weighted by Gasteiger charge is -2.34. The van der Waals surface area contributed by atoms with Gasteiger partial charge in [0.1, 0.15) is 0 Å². The Morgan fingerprint density at radius 3 is 2.32 bits per heavy atom. The highest BCUT2D eigenvalue weighted by molar-refractivity contribution is 5.46. The van der Waals surface area contributed by atoms with Crippen LogP contribution in [0.4, 0.5) is 5.69 Å². The number of para-hydroxylation sites is 1. The Bertz CT molecular complexity index is 644. The van der Waals surface area contributed by atoms with Gasteiger partial charge >= 0.3 is 0 Å². The van der Waals surface area contributed by atoms with Crippen molar-refractivity contribution in [3.63, 3.8) is 0 Å². The van der Waals surface area contributed by atoms with Crippen molar-refractivity contribution in [3.8, 4) is 0 Å². The molecule has 1 aliphatic heterocycles. The molecule has 1 N–H and O–H groups in total. The van der Waals surface area contributed by atoms with E-state index >= 15 is 0 Å². The van der Waals surface area contributed by atoms with E-state index in [0.717, 1.165) is 12.5 Å². The van der Waals surface area contributed by atoms with Gasteiger partial charge in [-0.05, 0) is 74.2 Å². The molecule has 2 fully saturated rings. The van der Waals surface area contributed by atoms with E-state index < -0.39 is 0 Å². The molecule has 2 aliphatic rings. The van der Waals surface area contributed by atoms with Crippen molar-refractivity contribution >= 4 is 5.69 Å². The van der Waals surface area contributed by atoms with Gasteiger partial charge in [0.2, 0.25) is 0 Å². The van der Waals surface area contributed by atoms with E-state index in [4.69, 9.17) is 0 Å². The second-order valence-electron chi connectivity index (χ2n) is 7.88. The molecule has 1 unspecified atom stereocenters. The van der Waals surface area contributed by atoms with Gasteiger partial charge in [-0.2, -0.15) is 0 Å². The summed E-state index contributed by atoms with van der Waals surface area (Å²) in [5.74, 6) is 0.919. The number of rotatable bonds is 7. The summed E-state index contributed by atoms with van der Waals surface area (Å²) in [6.07, 6.45) is 6.62. The quantitative estimate of drug-likeness (QED) is 0.749. The monoisotopic (exact) mass is 334 g/mol. The van der Waals surface area contributed by atoms with Gasteiger partial charge in [0.25, 0.3) is 0 Å². The fourth-order valence-corrected chi connectivity index (χ4v) is 4.52. The Morgan fingerprint density at radius 1 is 0.920 bits per heavy atom. The van der Waals surface area contributed by atoms with Crippen LogP contribution in [0.3, 0.4) is 0 Å². The second kappa shape index (κ2) is 7.61. The number of nitrogens with one attached hydrogen (secondary N) is 1. The van der Waals surface area contributed by atoms with Gasteiger partial charge in [0.15, 0.2) is 0 Å². The SMILES string of the molecule is c1ccc(CCCNCC2CC23CCN(c2ccccc2)CC3)cc1. The number of hydrogen-bond donors (Lipinski definition) is 1. The van der Waals surface area contributed by atoms with Gasteiger partial charge in [-0.1, -0.05) is 48.5 Å². The third-order valence-corrected chi connectivity index (χ3v) is 6.29. The zero-order chi connectivity index (χ0) is 17.0. The average Bonchev–Trinajstić information content (AvgIpc) is 3.35. The van der Waals surface area contributed by atoms with Crippen LogP contribution in [-0.4, -0.2) is 26.2 Å². The standard InChI is InChI=1S/C23H30N2/c1-3-8-20(9-4-1)10-7-15-24-19-21-18-23(21)13-16-25(17-14-23)22-11-5-2-6-12-22/h1-6,8-9,11-12,21,24H,7,10,13-19H2. The first kappa shape index (κ1) is 16.7. The summed E-state index contributed by atoms with van der Waals surface area (Å²) in [5, 5.41) is 3.72. The molecular formula is C23H30N2. The van der Waals surface area contributed by atoms with Crippen LogP contribution in [0.25, 0.3) is 0 Å². The first-order valence-corrected chi connectivity index (χ1v) is 9.90. The van der Waals surface area contributed by atoms with E-state index in [0.29, 0.717) is 5.41 Å². The predicted octanol–water partition coefficient (Wildman–Crippen LogP) is 4.52. The molecule has 0 bridgehead atoms. The van der Waals surface area contributed by atoms with Crippen LogP contribution in [0, 0.1) is 11.3 Å². The molecule has 25 heavy (non-hydrogen) atoms. The molecular weight excluding hydrogens is 304 g/mol. The smallest absolute Gasteiger partial charge is 0.0366 e. The van der Waals surface area contributed by atoms with Crippen molar-refractivity contribution in [3.05, 3.63) is 66.2 Å².